The normalized spacial score (nSPS) is 25.6. The van der Waals surface area contributed by atoms with Crippen LogP contribution in [0.1, 0.15) is 38.5 Å². The summed E-state index contributed by atoms with van der Waals surface area (Å²) in [5, 5.41) is 8.82. The number of amides is 1. The summed E-state index contributed by atoms with van der Waals surface area (Å²) in [6.45, 7) is 1.52. The number of piperidine rings is 1. The van der Waals surface area contributed by atoms with Crippen molar-refractivity contribution in [3.8, 4) is 0 Å². The number of carboxylic acid groups (broad SMARTS) is 1. The van der Waals surface area contributed by atoms with E-state index in [1.165, 1.54) is 25.7 Å². The third kappa shape index (κ3) is 2.02. The first-order chi connectivity index (χ1) is 6.77. The fourth-order valence-electron chi connectivity index (χ4n) is 2.99. The lowest BCUT2D eigenvalue weighted by atomic mass is 9.83. The van der Waals surface area contributed by atoms with Gasteiger partial charge < -0.3 is 10.0 Å². The molecule has 0 aromatic heterocycles. The van der Waals surface area contributed by atoms with Gasteiger partial charge in [-0.15, -0.1) is 0 Å². The molecule has 1 heterocycles. The molecule has 1 saturated heterocycles. The molecule has 0 aromatic carbocycles. The van der Waals surface area contributed by atoms with E-state index in [2.05, 4.69) is 0 Å². The summed E-state index contributed by atoms with van der Waals surface area (Å²) in [5.41, 5.74) is 0. The zero-order valence-corrected chi connectivity index (χ0v) is 8.61. The molecular formula is C11H19NO2. The van der Waals surface area contributed by atoms with E-state index < -0.39 is 6.09 Å². The molecule has 1 N–H and O–H groups in total. The highest BCUT2D eigenvalue weighted by Crippen LogP contribution is 2.36. The van der Waals surface area contributed by atoms with Crippen molar-refractivity contribution in [2.24, 2.45) is 11.8 Å². The quantitative estimate of drug-likeness (QED) is 0.701. The molecule has 1 aliphatic heterocycles. The molecule has 1 amide bonds. The van der Waals surface area contributed by atoms with E-state index in [0.29, 0.717) is 0 Å². The zero-order chi connectivity index (χ0) is 9.97. The van der Waals surface area contributed by atoms with Crippen LogP contribution in [-0.4, -0.2) is 29.2 Å². The van der Waals surface area contributed by atoms with Gasteiger partial charge in [0.2, 0.25) is 0 Å². The van der Waals surface area contributed by atoms with Gasteiger partial charge in [0.05, 0.1) is 0 Å². The van der Waals surface area contributed by atoms with Crippen molar-refractivity contribution in [2.45, 2.75) is 38.5 Å². The zero-order valence-electron chi connectivity index (χ0n) is 8.61. The Kier molecular flexibility index (Phi) is 2.94. The first kappa shape index (κ1) is 9.81. The lowest BCUT2D eigenvalue weighted by Crippen LogP contribution is -2.38. The molecule has 0 aromatic rings. The van der Waals surface area contributed by atoms with Crippen LogP contribution in [0.15, 0.2) is 0 Å². The molecule has 0 bridgehead atoms. The number of carbonyl (C=O) groups is 1. The fourth-order valence-corrected chi connectivity index (χ4v) is 2.99. The first-order valence-electron chi connectivity index (χ1n) is 5.75. The second-order valence-electron chi connectivity index (χ2n) is 4.65. The summed E-state index contributed by atoms with van der Waals surface area (Å²) in [6, 6.07) is 0. The largest absolute Gasteiger partial charge is 0.465 e. The van der Waals surface area contributed by atoms with Crippen molar-refractivity contribution in [2.75, 3.05) is 13.1 Å². The Morgan fingerprint density at radius 2 is 1.50 bits per heavy atom. The van der Waals surface area contributed by atoms with Crippen LogP contribution in [0.5, 0.6) is 0 Å². The third-order valence-corrected chi connectivity index (χ3v) is 3.88. The average molecular weight is 197 g/mol. The average Bonchev–Trinajstić information content (AvgIpc) is 2.71. The summed E-state index contributed by atoms with van der Waals surface area (Å²) >= 11 is 0. The van der Waals surface area contributed by atoms with E-state index >= 15 is 0 Å². The van der Waals surface area contributed by atoms with Crippen LogP contribution in [-0.2, 0) is 0 Å². The van der Waals surface area contributed by atoms with Crippen LogP contribution in [0.4, 0.5) is 4.79 Å². The second-order valence-corrected chi connectivity index (χ2v) is 4.65. The van der Waals surface area contributed by atoms with Crippen molar-refractivity contribution < 1.29 is 9.90 Å². The van der Waals surface area contributed by atoms with E-state index in [1.54, 1.807) is 4.90 Å². The highest BCUT2D eigenvalue weighted by Gasteiger charge is 2.29. The number of hydrogen-bond donors (Lipinski definition) is 1. The van der Waals surface area contributed by atoms with Crippen molar-refractivity contribution in [1.82, 2.24) is 4.90 Å². The minimum atomic E-state index is -0.741. The van der Waals surface area contributed by atoms with Gasteiger partial charge in [0, 0.05) is 13.1 Å². The van der Waals surface area contributed by atoms with Crippen molar-refractivity contribution >= 4 is 6.09 Å². The predicted octanol–water partition coefficient (Wildman–Crippen LogP) is 2.57. The molecule has 14 heavy (non-hydrogen) atoms. The summed E-state index contributed by atoms with van der Waals surface area (Å²) in [7, 11) is 0. The van der Waals surface area contributed by atoms with Crippen molar-refractivity contribution in [3.05, 3.63) is 0 Å². The maximum Gasteiger partial charge on any atom is 0.407 e. The first-order valence-corrected chi connectivity index (χ1v) is 5.75. The van der Waals surface area contributed by atoms with E-state index in [0.717, 1.165) is 37.8 Å². The van der Waals surface area contributed by atoms with Gasteiger partial charge in [-0.2, -0.15) is 0 Å². The van der Waals surface area contributed by atoms with Gasteiger partial charge in [-0.05, 0) is 24.7 Å². The van der Waals surface area contributed by atoms with E-state index in [4.69, 9.17) is 5.11 Å². The minimum absolute atomic E-state index is 0.741. The Bertz CT molecular complexity index is 203. The molecule has 3 nitrogen and oxygen atoms in total. The van der Waals surface area contributed by atoms with Crippen LogP contribution >= 0.6 is 0 Å². The Labute approximate surface area is 85.1 Å². The van der Waals surface area contributed by atoms with Crippen molar-refractivity contribution in [1.29, 1.82) is 0 Å². The van der Waals surface area contributed by atoms with Gasteiger partial charge in [0.1, 0.15) is 0 Å². The fraction of sp³-hybridized carbons (Fsp3) is 0.909. The molecule has 2 fully saturated rings. The monoisotopic (exact) mass is 197 g/mol. The van der Waals surface area contributed by atoms with E-state index in [-0.39, 0.29) is 0 Å². The van der Waals surface area contributed by atoms with Gasteiger partial charge in [-0.1, -0.05) is 25.7 Å². The molecule has 3 heteroatoms. The molecule has 0 radical (unpaired) electrons. The molecule has 0 unspecified atom stereocenters. The summed E-state index contributed by atoms with van der Waals surface area (Å²) in [4.78, 5) is 12.3. The van der Waals surface area contributed by atoms with Gasteiger partial charge in [0.15, 0.2) is 0 Å². The molecule has 1 saturated carbocycles. The molecule has 2 rings (SSSR count). The lowest BCUT2D eigenvalue weighted by Gasteiger charge is -2.33. The van der Waals surface area contributed by atoms with Gasteiger partial charge >= 0.3 is 6.09 Å². The number of likely N-dealkylation sites (tertiary alicyclic amines) is 1. The van der Waals surface area contributed by atoms with Crippen LogP contribution < -0.4 is 0 Å². The predicted molar refractivity (Wildman–Crippen MR) is 54.3 cm³/mol. The Morgan fingerprint density at radius 3 is 2.00 bits per heavy atom. The number of rotatable bonds is 1. The standard InChI is InChI=1S/C11H19NO2/c13-11(14)12-7-5-10(6-8-12)9-3-1-2-4-9/h9-10H,1-8H2,(H,13,14). The summed E-state index contributed by atoms with van der Waals surface area (Å²) in [6.07, 6.45) is 7.01. The molecule has 80 valence electrons. The van der Waals surface area contributed by atoms with E-state index in [9.17, 15) is 4.79 Å². The van der Waals surface area contributed by atoms with Gasteiger partial charge in [0.25, 0.3) is 0 Å². The lowest BCUT2D eigenvalue weighted by molar-refractivity contribution is 0.113. The number of hydrogen-bond acceptors (Lipinski definition) is 1. The topological polar surface area (TPSA) is 40.5 Å². The van der Waals surface area contributed by atoms with Crippen LogP contribution in [0.3, 0.4) is 0 Å². The number of nitrogens with zero attached hydrogens (tertiary/aromatic N) is 1. The minimum Gasteiger partial charge on any atom is -0.465 e. The Balaban J connectivity index is 1.80. The van der Waals surface area contributed by atoms with Gasteiger partial charge in [-0.3, -0.25) is 0 Å². The highest BCUT2D eigenvalue weighted by molar-refractivity contribution is 5.64. The SMILES string of the molecule is O=C(O)N1CCC(C2CCCC2)CC1. The third-order valence-electron chi connectivity index (χ3n) is 3.88. The highest BCUT2D eigenvalue weighted by atomic mass is 16.4. The molecular weight excluding hydrogens is 178 g/mol. The smallest absolute Gasteiger partial charge is 0.407 e. The molecule has 1 aliphatic carbocycles. The van der Waals surface area contributed by atoms with Crippen molar-refractivity contribution in [3.63, 3.8) is 0 Å². The van der Waals surface area contributed by atoms with Gasteiger partial charge in [-0.25, -0.2) is 4.79 Å². The summed E-state index contributed by atoms with van der Waals surface area (Å²) in [5.74, 6) is 1.72. The van der Waals surface area contributed by atoms with Crippen LogP contribution in [0, 0.1) is 11.8 Å². The Hall–Kier alpha value is -0.730. The Morgan fingerprint density at radius 1 is 1.00 bits per heavy atom. The maximum atomic E-state index is 10.7. The molecule has 0 atom stereocenters. The maximum absolute atomic E-state index is 10.7. The second kappa shape index (κ2) is 4.20. The van der Waals surface area contributed by atoms with E-state index in [1.807, 2.05) is 0 Å². The molecule has 0 spiro atoms. The molecule has 2 aliphatic rings. The van der Waals surface area contributed by atoms with Crippen LogP contribution in [0.2, 0.25) is 0 Å². The van der Waals surface area contributed by atoms with Crippen LogP contribution in [0.25, 0.3) is 0 Å². The summed E-state index contributed by atoms with van der Waals surface area (Å²) < 4.78 is 0.